The van der Waals surface area contributed by atoms with Crippen LogP contribution in [0.4, 0.5) is 11.4 Å². The minimum Gasteiger partial charge on any atom is -0.322 e. The van der Waals surface area contributed by atoms with Crippen molar-refractivity contribution >= 4 is 29.1 Å². The third-order valence-electron chi connectivity index (χ3n) is 5.38. The molecule has 1 N–H and O–H groups in total. The van der Waals surface area contributed by atoms with E-state index in [9.17, 15) is 14.4 Å². The van der Waals surface area contributed by atoms with Gasteiger partial charge < -0.3 is 10.2 Å². The van der Waals surface area contributed by atoms with Crippen LogP contribution in [0.5, 0.6) is 0 Å². The Morgan fingerprint density at radius 1 is 1.07 bits per heavy atom. The maximum atomic E-state index is 13.4. The van der Waals surface area contributed by atoms with E-state index >= 15 is 0 Å². The normalized spacial score (nSPS) is 21.1. The third-order valence-corrected chi connectivity index (χ3v) is 5.38. The van der Waals surface area contributed by atoms with E-state index in [0.29, 0.717) is 16.9 Å². The molecule has 0 bridgehead atoms. The monoisotopic (exact) mass is 363 g/mol. The molecule has 3 amide bonds. The minimum atomic E-state index is -1.35. The molecule has 4 rings (SSSR count). The molecule has 2 aliphatic rings. The van der Waals surface area contributed by atoms with Crippen molar-refractivity contribution in [3.05, 3.63) is 59.2 Å². The quantitative estimate of drug-likeness (QED) is 0.892. The van der Waals surface area contributed by atoms with Gasteiger partial charge in [0.15, 0.2) is 0 Å². The SMILES string of the molecule is Cc1cc(C)cc(NC(=O)[C@@]23CCC(=O)N2c2ccccc2C(=O)N3C)c1. The zero-order valence-electron chi connectivity index (χ0n) is 15.6. The van der Waals surface area contributed by atoms with Crippen LogP contribution in [0.2, 0.25) is 0 Å². The summed E-state index contributed by atoms with van der Waals surface area (Å²) in [5, 5.41) is 2.93. The van der Waals surface area contributed by atoms with Gasteiger partial charge in [0.2, 0.25) is 11.6 Å². The molecule has 0 spiro atoms. The first kappa shape index (κ1) is 17.3. The van der Waals surface area contributed by atoms with Crippen LogP contribution >= 0.6 is 0 Å². The first-order valence-electron chi connectivity index (χ1n) is 8.94. The second-order valence-electron chi connectivity index (χ2n) is 7.26. The zero-order valence-corrected chi connectivity index (χ0v) is 15.6. The van der Waals surface area contributed by atoms with E-state index in [4.69, 9.17) is 0 Å². The Morgan fingerprint density at radius 3 is 2.44 bits per heavy atom. The van der Waals surface area contributed by atoms with Crippen LogP contribution in [0.25, 0.3) is 0 Å². The Bertz CT molecular complexity index is 964. The maximum absolute atomic E-state index is 13.4. The van der Waals surface area contributed by atoms with Gasteiger partial charge in [0.1, 0.15) is 0 Å². The fourth-order valence-corrected chi connectivity index (χ4v) is 4.21. The van der Waals surface area contributed by atoms with Gasteiger partial charge in [-0.2, -0.15) is 0 Å². The van der Waals surface area contributed by atoms with Gasteiger partial charge in [0, 0.05) is 25.6 Å². The van der Waals surface area contributed by atoms with Gasteiger partial charge >= 0.3 is 0 Å². The molecule has 1 fully saturated rings. The summed E-state index contributed by atoms with van der Waals surface area (Å²) in [5.74, 6) is -0.784. The van der Waals surface area contributed by atoms with Crippen molar-refractivity contribution in [1.29, 1.82) is 0 Å². The van der Waals surface area contributed by atoms with E-state index in [0.717, 1.165) is 11.1 Å². The third kappa shape index (κ3) is 2.44. The van der Waals surface area contributed by atoms with Crippen LogP contribution in [0, 0.1) is 13.8 Å². The second-order valence-corrected chi connectivity index (χ2v) is 7.26. The lowest BCUT2D eigenvalue weighted by molar-refractivity contribution is -0.128. The van der Waals surface area contributed by atoms with E-state index in [1.54, 1.807) is 31.3 Å². The molecule has 2 aromatic carbocycles. The molecule has 0 radical (unpaired) electrons. The number of hydrogen-bond donors (Lipinski definition) is 1. The van der Waals surface area contributed by atoms with Gasteiger partial charge in [-0.05, 0) is 49.2 Å². The zero-order chi connectivity index (χ0) is 19.3. The Kier molecular flexibility index (Phi) is 3.80. The number of para-hydroxylation sites is 1. The number of hydrogen-bond acceptors (Lipinski definition) is 3. The fourth-order valence-electron chi connectivity index (χ4n) is 4.21. The number of carbonyl (C=O) groups is 3. The first-order valence-corrected chi connectivity index (χ1v) is 8.94. The fraction of sp³-hybridized carbons (Fsp3) is 0.286. The highest BCUT2D eigenvalue weighted by atomic mass is 16.2. The lowest BCUT2D eigenvalue weighted by Gasteiger charge is -2.47. The number of rotatable bonds is 2. The molecule has 2 aliphatic heterocycles. The average molecular weight is 363 g/mol. The van der Waals surface area contributed by atoms with Crippen LogP contribution in [0.15, 0.2) is 42.5 Å². The number of nitrogens with one attached hydrogen (secondary N) is 1. The molecule has 2 aromatic rings. The summed E-state index contributed by atoms with van der Waals surface area (Å²) in [5.41, 5.74) is 2.30. The number of amides is 3. The van der Waals surface area contributed by atoms with Gasteiger partial charge in [0.05, 0.1) is 11.3 Å². The van der Waals surface area contributed by atoms with E-state index in [-0.39, 0.29) is 30.6 Å². The van der Waals surface area contributed by atoms with E-state index in [2.05, 4.69) is 5.32 Å². The average Bonchev–Trinajstić information content (AvgIpc) is 2.97. The highest BCUT2D eigenvalue weighted by Crippen LogP contribution is 2.44. The summed E-state index contributed by atoms with van der Waals surface area (Å²) in [6.45, 7) is 3.91. The molecule has 0 saturated carbocycles. The largest absolute Gasteiger partial charge is 0.322 e. The predicted molar refractivity (Wildman–Crippen MR) is 103 cm³/mol. The van der Waals surface area contributed by atoms with Crippen LogP contribution in [-0.2, 0) is 9.59 Å². The number of anilines is 2. The number of nitrogens with zero attached hydrogens (tertiary/aromatic N) is 2. The summed E-state index contributed by atoms with van der Waals surface area (Å²) in [4.78, 5) is 41.9. The number of likely N-dealkylation sites (N-methyl/N-ethyl adjacent to an activating group) is 1. The van der Waals surface area contributed by atoms with E-state index in [1.165, 1.54) is 9.80 Å². The van der Waals surface area contributed by atoms with Crippen LogP contribution < -0.4 is 10.2 Å². The first-order chi connectivity index (χ1) is 12.8. The van der Waals surface area contributed by atoms with Crippen molar-refractivity contribution in [3.8, 4) is 0 Å². The van der Waals surface area contributed by atoms with E-state index in [1.807, 2.05) is 32.0 Å². The van der Waals surface area contributed by atoms with Gasteiger partial charge in [0.25, 0.3) is 11.8 Å². The summed E-state index contributed by atoms with van der Waals surface area (Å²) in [6, 6.07) is 12.7. The highest BCUT2D eigenvalue weighted by molar-refractivity contribution is 6.18. The number of benzene rings is 2. The van der Waals surface area contributed by atoms with Crippen LogP contribution in [-0.4, -0.2) is 35.3 Å². The number of aryl methyl sites for hydroxylation is 2. The van der Waals surface area contributed by atoms with Gasteiger partial charge in [-0.1, -0.05) is 18.2 Å². The summed E-state index contributed by atoms with van der Waals surface area (Å²) in [7, 11) is 1.59. The molecule has 1 atom stereocenters. The van der Waals surface area contributed by atoms with Crippen molar-refractivity contribution in [2.75, 3.05) is 17.3 Å². The van der Waals surface area contributed by atoms with Gasteiger partial charge in [-0.15, -0.1) is 0 Å². The molecule has 2 heterocycles. The van der Waals surface area contributed by atoms with Gasteiger partial charge in [-0.25, -0.2) is 0 Å². The molecule has 0 aliphatic carbocycles. The molecule has 1 saturated heterocycles. The van der Waals surface area contributed by atoms with Crippen LogP contribution in [0.3, 0.4) is 0 Å². The molecular weight excluding hydrogens is 342 g/mol. The van der Waals surface area contributed by atoms with Crippen molar-refractivity contribution in [2.45, 2.75) is 32.4 Å². The highest BCUT2D eigenvalue weighted by Gasteiger charge is 2.59. The van der Waals surface area contributed by atoms with Crippen molar-refractivity contribution in [2.24, 2.45) is 0 Å². The summed E-state index contributed by atoms with van der Waals surface area (Å²) < 4.78 is 0. The van der Waals surface area contributed by atoms with Crippen molar-refractivity contribution in [1.82, 2.24) is 4.90 Å². The summed E-state index contributed by atoms with van der Waals surface area (Å²) >= 11 is 0. The molecule has 6 nitrogen and oxygen atoms in total. The van der Waals surface area contributed by atoms with Crippen LogP contribution in [0.1, 0.15) is 34.3 Å². The van der Waals surface area contributed by atoms with Crippen molar-refractivity contribution < 1.29 is 14.4 Å². The molecule has 0 unspecified atom stereocenters. The standard InChI is InChI=1S/C21H21N3O3/c1-13-10-14(2)12-15(11-13)22-20(27)21-9-8-18(25)24(21)17-7-5-4-6-16(17)19(26)23(21)3/h4-7,10-12H,8-9H2,1-3H3,(H,22,27)/t21-/m1/s1. The molecule has 27 heavy (non-hydrogen) atoms. The number of carbonyl (C=O) groups excluding carboxylic acids is 3. The smallest absolute Gasteiger partial charge is 0.271 e. The molecular formula is C21H21N3O3. The lowest BCUT2D eigenvalue weighted by Crippen LogP contribution is -2.68. The minimum absolute atomic E-state index is 0.155. The molecule has 6 heteroatoms. The topological polar surface area (TPSA) is 69.7 Å². The maximum Gasteiger partial charge on any atom is 0.271 e. The number of fused-ring (bicyclic) bond motifs is 3. The van der Waals surface area contributed by atoms with Crippen molar-refractivity contribution in [3.63, 3.8) is 0 Å². The second kappa shape index (κ2) is 5.94. The Morgan fingerprint density at radius 2 is 1.74 bits per heavy atom. The lowest BCUT2D eigenvalue weighted by atomic mass is 9.96. The predicted octanol–water partition coefficient (Wildman–Crippen LogP) is 2.85. The van der Waals surface area contributed by atoms with Gasteiger partial charge in [-0.3, -0.25) is 19.3 Å². The molecule has 138 valence electrons. The Hall–Kier alpha value is -3.15. The molecule has 0 aromatic heterocycles. The van der Waals surface area contributed by atoms with E-state index < -0.39 is 5.66 Å². The Balaban J connectivity index is 1.81. The summed E-state index contributed by atoms with van der Waals surface area (Å²) in [6.07, 6.45) is 0.477. The Labute approximate surface area is 157 Å².